The van der Waals surface area contributed by atoms with Crippen LogP contribution in [0.3, 0.4) is 0 Å². The number of para-hydroxylation sites is 1. The summed E-state index contributed by atoms with van der Waals surface area (Å²) in [5.41, 5.74) is 6.85. The normalized spacial score (nSPS) is 9.83. The molecule has 18 heavy (non-hydrogen) atoms. The Morgan fingerprint density at radius 2 is 2.00 bits per heavy atom. The number of nitrogen functional groups attached to an aromatic ring is 1. The molecule has 92 valence electrons. The standard InChI is InChI=1S/C12H12N4O2/c1-18-12(17)10-9(13)11(15-7-14-10)16-8-5-3-2-4-6-8/h2-7H,13H2,1H3,(H,14,15,16). The Balaban J connectivity index is 2.32. The lowest BCUT2D eigenvalue weighted by molar-refractivity contribution is 0.0595. The summed E-state index contributed by atoms with van der Waals surface area (Å²) < 4.78 is 4.59. The number of methoxy groups -OCH3 is 1. The summed E-state index contributed by atoms with van der Waals surface area (Å²) in [6.45, 7) is 0. The second kappa shape index (κ2) is 5.13. The highest BCUT2D eigenvalue weighted by Crippen LogP contribution is 2.22. The van der Waals surface area contributed by atoms with Gasteiger partial charge in [0.1, 0.15) is 12.0 Å². The van der Waals surface area contributed by atoms with Gasteiger partial charge < -0.3 is 15.8 Å². The average molecular weight is 244 g/mol. The first-order chi connectivity index (χ1) is 8.72. The Labute approximate surface area is 104 Å². The maximum absolute atomic E-state index is 11.4. The summed E-state index contributed by atoms with van der Waals surface area (Å²) in [5, 5.41) is 3.01. The monoisotopic (exact) mass is 244 g/mol. The first-order valence-corrected chi connectivity index (χ1v) is 5.23. The Bertz CT molecular complexity index is 557. The van der Waals surface area contributed by atoms with Crippen LogP contribution in [0.25, 0.3) is 0 Å². The van der Waals surface area contributed by atoms with Crippen molar-refractivity contribution in [2.24, 2.45) is 0 Å². The van der Waals surface area contributed by atoms with E-state index in [4.69, 9.17) is 5.73 Å². The van der Waals surface area contributed by atoms with Gasteiger partial charge in [-0.05, 0) is 12.1 Å². The Morgan fingerprint density at radius 1 is 1.28 bits per heavy atom. The Kier molecular flexibility index (Phi) is 3.38. The van der Waals surface area contributed by atoms with Crippen molar-refractivity contribution in [1.82, 2.24) is 9.97 Å². The molecule has 0 atom stereocenters. The molecule has 0 aliphatic heterocycles. The number of esters is 1. The molecule has 6 nitrogen and oxygen atoms in total. The number of rotatable bonds is 3. The van der Waals surface area contributed by atoms with Gasteiger partial charge in [-0.15, -0.1) is 0 Å². The highest BCUT2D eigenvalue weighted by atomic mass is 16.5. The number of carbonyl (C=O) groups is 1. The van der Waals surface area contributed by atoms with Crippen LogP contribution in [0.15, 0.2) is 36.7 Å². The third-order valence-corrected chi connectivity index (χ3v) is 2.30. The van der Waals surface area contributed by atoms with Crippen LogP contribution in [0.5, 0.6) is 0 Å². The van der Waals surface area contributed by atoms with Gasteiger partial charge in [0.25, 0.3) is 0 Å². The van der Waals surface area contributed by atoms with E-state index in [1.54, 1.807) is 0 Å². The number of nitrogens with zero attached hydrogens (tertiary/aromatic N) is 2. The van der Waals surface area contributed by atoms with Gasteiger partial charge >= 0.3 is 5.97 Å². The predicted molar refractivity (Wildman–Crippen MR) is 67.5 cm³/mol. The van der Waals surface area contributed by atoms with E-state index in [1.165, 1.54) is 13.4 Å². The van der Waals surface area contributed by atoms with Gasteiger partial charge in [0.2, 0.25) is 0 Å². The fraction of sp³-hybridized carbons (Fsp3) is 0.0833. The van der Waals surface area contributed by atoms with Crippen molar-refractivity contribution in [3.8, 4) is 0 Å². The minimum atomic E-state index is -0.592. The minimum Gasteiger partial charge on any atom is -0.464 e. The van der Waals surface area contributed by atoms with Gasteiger partial charge in [-0.1, -0.05) is 18.2 Å². The van der Waals surface area contributed by atoms with E-state index in [0.717, 1.165) is 5.69 Å². The smallest absolute Gasteiger partial charge is 0.359 e. The Hall–Kier alpha value is -2.63. The number of hydrogen-bond acceptors (Lipinski definition) is 6. The first kappa shape index (κ1) is 11.8. The van der Waals surface area contributed by atoms with Crippen molar-refractivity contribution in [1.29, 1.82) is 0 Å². The average Bonchev–Trinajstić information content (AvgIpc) is 2.41. The number of aromatic nitrogens is 2. The van der Waals surface area contributed by atoms with Crippen LogP contribution < -0.4 is 11.1 Å². The topological polar surface area (TPSA) is 90.1 Å². The molecule has 1 aromatic carbocycles. The Morgan fingerprint density at radius 3 is 2.67 bits per heavy atom. The van der Waals surface area contributed by atoms with Crippen molar-refractivity contribution in [2.45, 2.75) is 0 Å². The van der Waals surface area contributed by atoms with Crippen molar-refractivity contribution in [3.63, 3.8) is 0 Å². The maximum atomic E-state index is 11.4. The maximum Gasteiger partial charge on any atom is 0.359 e. The molecule has 0 aliphatic carbocycles. The largest absolute Gasteiger partial charge is 0.464 e. The van der Waals surface area contributed by atoms with Crippen LogP contribution in [0.1, 0.15) is 10.5 Å². The number of benzene rings is 1. The highest BCUT2D eigenvalue weighted by molar-refractivity contribution is 5.95. The molecule has 0 aliphatic rings. The van der Waals surface area contributed by atoms with Crippen LogP contribution in [-0.4, -0.2) is 23.0 Å². The number of anilines is 3. The summed E-state index contributed by atoms with van der Waals surface area (Å²) in [4.78, 5) is 19.2. The lowest BCUT2D eigenvalue weighted by atomic mass is 10.3. The second-order valence-electron chi connectivity index (χ2n) is 3.47. The summed E-state index contributed by atoms with van der Waals surface area (Å²) in [5.74, 6) is -0.220. The lowest BCUT2D eigenvalue weighted by Gasteiger charge is -2.09. The van der Waals surface area contributed by atoms with E-state index in [2.05, 4.69) is 20.0 Å². The van der Waals surface area contributed by atoms with Crippen molar-refractivity contribution < 1.29 is 9.53 Å². The van der Waals surface area contributed by atoms with Crippen LogP contribution >= 0.6 is 0 Å². The lowest BCUT2D eigenvalue weighted by Crippen LogP contribution is -2.11. The number of hydrogen-bond donors (Lipinski definition) is 2. The second-order valence-corrected chi connectivity index (χ2v) is 3.47. The molecule has 0 saturated heterocycles. The summed E-state index contributed by atoms with van der Waals surface area (Å²) >= 11 is 0. The van der Waals surface area contributed by atoms with Crippen molar-refractivity contribution >= 4 is 23.2 Å². The SMILES string of the molecule is COC(=O)c1ncnc(Nc2ccccc2)c1N. The van der Waals surface area contributed by atoms with E-state index in [0.29, 0.717) is 5.82 Å². The molecule has 6 heteroatoms. The van der Waals surface area contributed by atoms with Crippen molar-refractivity contribution in [3.05, 3.63) is 42.4 Å². The van der Waals surface area contributed by atoms with Gasteiger partial charge in [-0.3, -0.25) is 0 Å². The molecule has 0 spiro atoms. The van der Waals surface area contributed by atoms with Gasteiger partial charge in [0.15, 0.2) is 11.5 Å². The molecule has 3 N–H and O–H groups in total. The van der Waals surface area contributed by atoms with E-state index in [9.17, 15) is 4.79 Å². The zero-order valence-electron chi connectivity index (χ0n) is 9.75. The third kappa shape index (κ3) is 2.37. The molecule has 1 aromatic heterocycles. The molecule has 0 unspecified atom stereocenters. The third-order valence-electron chi connectivity index (χ3n) is 2.30. The summed E-state index contributed by atoms with van der Waals surface area (Å²) in [7, 11) is 1.27. The number of ether oxygens (including phenoxy) is 1. The molecule has 1 heterocycles. The van der Waals surface area contributed by atoms with Gasteiger partial charge in [0.05, 0.1) is 7.11 Å². The molecule has 0 fully saturated rings. The zero-order valence-corrected chi connectivity index (χ0v) is 9.75. The van der Waals surface area contributed by atoms with Crippen molar-refractivity contribution in [2.75, 3.05) is 18.2 Å². The van der Waals surface area contributed by atoms with Gasteiger partial charge in [0, 0.05) is 5.69 Å². The fourth-order valence-electron chi connectivity index (χ4n) is 1.41. The van der Waals surface area contributed by atoms with Crippen LogP contribution in [0.4, 0.5) is 17.2 Å². The number of nitrogens with one attached hydrogen (secondary N) is 1. The minimum absolute atomic E-state index is 0.0472. The van der Waals surface area contributed by atoms with Crippen LogP contribution in [0, 0.1) is 0 Å². The predicted octanol–water partition coefficient (Wildman–Crippen LogP) is 1.59. The molecule has 0 amide bonds. The van der Waals surface area contributed by atoms with E-state index >= 15 is 0 Å². The summed E-state index contributed by atoms with van der Waals surface area (Å²) in [6.07, 6.45) is 1.26. The van der Waals surface area contributed by atoms with E-state index < -0.39 is 5.97 Å². The van der Waals surface area contributed by atoms with Crippen LogP contribution in [0.2, 0.25) is 0 Å². The zero-order chi connectivity index (χ0) is 13.0. The van der Waals surface area contributed by atoms with Gasteiger partial charge in [-0.25, -0.2) is 14.8 Å². The molecule has 0 radical (unpaired) electrons. The molecule has 0 saturated carbocycles. The molecule has 0 bridgehead atoms. The van der Waals surface area contributed by atoms with E-state index in [1.807, 2.05) is 30.3 Å². The number of nitrogens with two attached hydrogens (primary N) is 1. The molecular weight excluding hydrogens is 232 g/mol. The molecule has 2 rings (SSSR count). The first-order valence-electron chi connectivity index (χ1n) is 5.23. The van der Waals surface area contributed by atoms with E-state index in [-0.39, 0.29) is 11.4 Å². The van der Waals surface area contributed by atoms with Crippen LogP contribution in [-0.2, 0) is 4.74 Å². The molecule has 2 aromatic rings. The highest BCUT2D eigenvalue weighted by Gasteiger charge is 2.15. The summed E-state index contributed by atoms with van der Waals surface area (Å²) in [6, 6.07) is 9.37. The van der Waals surface area contributed by atoms with Gasteiger partial charge in [-0.2, -0.15) is 0 Å². The molecular formula is C12H12N4O2. The fourth-order valence-corrected chi connectivity index (χ4v) is 1.41. The quantitative estimate of drug-likeness (QED) is 0.797. The number of carbonyl (C=O) groups excluding carboxylic acids is 1.